The van der Waals surface area contributed by atoms with Crippen LogP contribution < -0.4 is 10.6 Å². The van der Waals surface area contributed by atoms with Crippen LogP contribution in [0.3, 0.4) is 0 Å². The molecule has 0 saturated heterocycles. The minimum atomic E-state index is -0.112. The molecule has 0 spiro atoms. The first-order valence-corrected chi connectivity index (χ1v) is 5.12. The average Bonchev–Trinajstić information content (AvgIpc) is 2.18. The molecule has 2 N–H and O–H groups in total. The third kappa shape index (κ3) is 5.00. The second kappa shape index (κ2) is 6.01. The summed E-state index contributed by atoms with van der Waals surface area (Å²) in [5.74, 6) is 0. The van der Waals surface area contributed by atoms with Gasteiger partial charge in [-0.2, -0.15) is 0 Å². The SMILES string of the molecule is CC(C)NC(=O)NCCc1ccncc1. The average molecular weight is 207 g/mol. The summed E-state index contributed by atoms with van der Waals surface area (Å²) in [4.78, 5) is 15.1. The van der Waals surface area contributed by atoms with Gasteiger partial charge in [-0.1, -0.05) is 0 Å². The van der Waals surface area contributed by atoms with Gasteiger partial charge < -0.3 is 10.6 Å². The van der Waals surface area contributed by atoms with Crippen molar-refractivity contribution in [2.75, 3.05) is 6.54 Å². The number of hydrogen-bond acceptors (Lipinski definition) is 2. The van der Waals surface area contributed by atoms with Gasteiger partial charge in [-0.25, -0.2) is 4.79 Å². The van der Waals surface area contributed by atoms with Crippen molar-refractivity contribution in [3.8, 4) is 0 Å². The summed E-state index contributed by atoms with van der Waals surface area (Å²) in [6.45, 7) is 4.51. The van der Waals surface area contributed by atoms with Gasteiger partial charge in [0.15, 0.2) is 0 Å². The maximum absolute atomic E-state index is 11.2. The largest absolute Gasteiger partial charge is 0.338 e. The van der Waals surface area contributed by atoms with Crippen molar-refractivity contribution in [2.45, 2.75) is 26.3 Å². The zero-order valence-electron chi connectivity index (χ0n) is 9.16. The first-order valence-electron chi connectivity index (χ1n) is 5.12. The lowest BCUT2D eigenvalue weighted by atomic mass is 10.2. The number of amides is 2. The van der Waals surface area contributed by atoms with E-state index in [1.165, 1.54) is 5.56 Å². The normalized spacial score (nSPS) is 10.1. The molecule has 0 atom stereocenters. The molecule has 0 aromatic carbocycles. The smallest absolute Gasteiger partial charge is 0.314 e. The zero-order chi connectivity index (χ0) is 11.1. The van der Waals surface area contributed by atoms with Crippen molar-refractivity contribution in [3.63, 3.8) is 0 Å². The first kappa shape index (κ1) is 11.5. The van der Waals surface area contributed by atoms with Crippen molar-refractivity contribution in [2.24, 2.45) is 0 Å². The Hall–Kier alpha value is -1.58. The third-order valence-corrected chi connectivity index (χ3v) is 1.87. The number of hydrogen-bond donors (Lipinski definition) is 2. The fourth-order valence-electron chi connectivity index (χ4n) is 1.18. The standard InChI is InChI=1S/C11H17N3O/c1-9(2)14-11(15)13-8-5-10-3-6-12-7-4-10/h3-4,6-7,9H,5,8H2,1-2H3,(H2,13,14,15). The molecule has 0 radical (unpaired) electrons. The van der Waals surface area contributed by atoms with Crippen LogP contribution in [0.25, 0.3) is 0 Å². The first-order chi connectivity index (χ1) is 7.18. The van der Waals surface area contributed by atoms with Crippen LogP contribution in [0, 0.1) is 0 Å². The van der Waals surface area contributed by atoms with E-state index >= 15 is 0 Å². The van der Waals surface area contributed by atoms with Gasteiger partial charge in [-0.05, 0) is 38.0 Å². The summed E-state index contributed by atoms with van der Waals surface area (Å²) in [7, 11) is 0. The number of nitrogens with zero attached hydrogens (tertiary/aromatic N) is 1. The monoisotopic (exact) mass is 207 g/mol. The highest BCUT2D eigenvalue weighted by atomic mass is 16.2. The zero-order valence-corrected chi connectivity index (χ0v) is 9.16. The summed E-state index contributed by atoms with van der Waals surface area (Å²) in [6, 6.07) is 3.95. The van der Waals surface area contributed by atoms with Crippen LogP contribution in [-0.4, -0.2) is 23.6 Å². The van der Waals surface area contributed by atoms with Crippen LogP contribution in [0.15, 0.2) is 24.5 Å². The van der Waals surface area contributed by atoms with Crippen LogP contribution in [0.2, 0.25) is 0 Å². The van der Waals surface area contributed by atoms with E-state index in [9.17, 15) is 4.79 Å². The number of carbonyl (C=O) groups excluding carboxylic acids is 1. The molecule has 1 rings (SSSR count). The van der Waals surface area contributed by atoms with E-state index in [0.717, 1.165) is 6.42 Å². The van der Waals surface area contributed by atoms with E-state index in [2.05, 4.69) is 15.6 Å². The van der Waals surface area contributed by atoms with Crippen LogP contribution in [0.4, 0.5) is 4.79 Å². The third-order valence-electron chi connectivity index (χ3n) is 1.87. The molecule has 1 aromatic rings. The van der Waals surface area contributed by atoms with E-state index in [4.69, 9.17) is 0 Å². The maximum Gasteiger partial charge on any atom is 0.314 e. The van der Waals surface area contributed by atoms with Crippen LogP contribution >= 0.6 is 0 Å². The minimum Gasteiger partial charge on any atom is -0.338 e. The molecule has 0 aliphatic rings. The molecular weight excluding hydrogens is 190 g/mol. The van der Waals surface area contributed by atoms with Gasteiger partial charge in [0.25, 0.3) is 0 Å². The molecule has 1 aromatic heterocycles. The maximum atomic E-state index is 11.2. The molecular formula is C11H17N3O. The molecule has 0 unspecified atom stereocenters. The molecule has 0 saturated carbocycles. The van der Waals surface area contributed by atoms with Crippen LogP contribution in [0.5, 0.6) is 0 Å². The molecule has 0 fully saturated rings. The molecule has 0 aliphatic carbocycles. The van der Waals surface area contributed by atoms with E-state index in [0.29, 0.717) is 6.54 Å². The Labute approximate surface area is 90.1 Å². The lowest BCUT2D eigenvalue weighted by Crippen LogP contribution is -2.40. The molecule has 1 heterocycles. The van der Waals surface area contributed by atoms with Crippen LogP contribution in [-0.2, 0) is 6.42 Å². The van der Waals surface area contributed by atoms with E-state index < -0.39 is 0 Å². The highest BCUT2D eigenvalue weighted by Crippen LogP contribution is 1.95. The number of carbonyl (C=O) groups is 1. The van der Waals surface area contributed by atoms with Gasteiger partial charge in [0.05, 0.1) is 0 Å². The Morgan fingerprint density at radius 2 is 2.07 bits per heavy atom. The molecule has 4 nitrogen and oxygen atoms in total. The Morgan fingerprint density at radius 1 is 1.40 bits per heavy atom. The van der Waals surface area contributed by atoms with Gasteiger partial charge in [-0.15, -0.1) is 0 Å². The number of rotatable bonds is 4. The highest BCUT2D eigenvalue weighted by Gasteiger charge is 2.00. The summed E-state index contributed by atoms with van der Waals surface area (Å²) in [5.41, 5.74) is 1.18. The Balaban J connectivity index is 2.19. The second-order valence-corrected chi connectivity index (χ2v) is 3.66. The quantitative estimate of drug-likeness (QED) is 0.782. The van der Waals surface area contributed by atoms with Crippen molar-refractivity contribution in [3.05, 3.63) is 30.1 Å². The number of urea groups is 1. The molecule has 15 heavy (non-hydrogen) atoms. The van der Waals surface area contributed by atoms with Crippen molar-refractivity contribution < 1.29 is 4.79 Å². The molecule has 0 aliphatic heterocycles. The lowest BCUT2D eigenvalue weighted by molar-refractivity contribution is 0.238. The molecule has 0 bridgehead atoms. The van der Waals surface area contributed by atoms with Crippen molar-refractivity contribution in [1.82, 2.24) is 15.6 Å². The fourth-order valence-corrected chi connectivity index (χ4v) is 1.18. The van der Waals surface area contributed by atoms with Gasteiger partial charge in [0, 0.05) is 25.0 Å². The summed E-state index contributed by atoms with van der Waals surface area (Å²) < 4.78 is 0. The summed E-state index contributed by atoms with van der Waals surface area (Å²) in [5, 5.41) is 5.56. The minimum absolute atomic E-state index is 0.112. The van der Waals surface area contributed by atoms with Gasteiger partial charge in [0.1, 0.15) is 0 Å². The summed E-state index contributed by atoms with van der Waals surface area (Å²) >= 11 is 0. The van der Waals surface area contributed by atoms with E-state index in [-0.39, 0.29) is 12.1 Å². The number of aromatic nitrogens is 1. The highest BCUT2D eigenvalue weighted by molar-refractivity contribution is 5.74. The Bertz CT molecular complexity index is 298. The fraction of sp³-hybridized carbons (Fsp3) is 0.455. The molecule has 4 heteroatoms. The van der Waals surface area contributed by atoms with Crippen molar-refractivity contribution >= 4 is 6.03 Å². The lowest BCUT2D eigenvalue weighted by Gasteiger charge is -2.09. The van der Waals surface area contributed by atoms with Gasteiger partial charge in [0.2, 0.25) is 0 Å². The van der Waals surface area contributed by atoms with Crippen LogP contribution in [0.1, 0.15) is 19.4 Å². The van der Waals surface area contributed by atoms with E-state index in [1.54, 1.807) is 12.4 Å². The topological polar surface area (TPSA) is 54.0 Å². The van der Waals surface area contributed by atoms with Gasteiger partial charge >= 0.3 is 6.03 Å². The van der Waals surface area contributed by atoms with E-state index in [1.807, 2.05) is 26.0 Å². The molecule has 82 valence electrons. The summed E-state index contributed by atoms with van der Waals surface area (Å²) in [6.07, 6.45) is 4.33. The molecule has 2 amide bonds. The second-order valence-electron chi connectivity index (χ2n) is 3.66. The number of pyridine rings is 1. The Kier molecular flexibility index (Phi) is 4.60. The predicted molar refractivity (Wildman–Crippen MR) is 59.6 cm³/mol. The predicted octanol–water partition coefficient (Wildman–Crippen LogP) is 1.33. The Morgan fingerprint density at radius 3 is 2.67 bits per heavy atom. The number of nitrogens with one attached hydrogen (secondary N) is 2. The van der Waals surface area contributed by atoms with Crippen molar-refractivity contribution in [1.29, 1.82) is 0 Å². The van der Waals surface area contributed by atoms with Gasteiger partial charge in [-0.3, -0.25) is 4.98 Å².